The average Bonchev–Trinajstić information content (AvgIpc) is 2.38. The van der Waals surface area contributed by atoms with Crippen LogP contribution in [0.1, 0.15) is 44.6 Å². The van der Waals surface area contributed by atoms with E-state index in [-0.39, 0.29) is 10.6 Å². The summed E-state index contributed by atoms with van der Waals surface area (Å²) < 4.78 is 0. The van der Waals surface area contributed by atoms with Gasteiger partial charge in [-0.05, 0) is 31.2 Å². The first-order valence-corrected chi connectivity index (χ1v) is 6.99. The first-order valence-electron chi connectivity index (χ1n) is 6.99. The molecule has 0 aliphatic heterocycles. The van der Waals surface area contributed by atoms with E-state index in [9.17, 15) is 10.1 Å². The molecule has 19 heavy (non-hydrogen) atoms. The number of anilines is 1. The smallest absolute Gasteiger partial charge is 0.274 e. The van der Waals surface area contributed by atoms with Crippen molar-refractivity contribution in [3.8, 4) is 0 Å². The largest absolute Gasteiger partial charge is 0.384 e. The third-order valence-corrected chi connectivity index (χ3v) is 4.19. The number of nitro benzene ring substituents is 1. The Morgan fingerprint density at radius 2 is 2.00 bits per heavy atom. The molecule has 1 aliphatic carbocycles. The van der Waals surface area contributed by atoms with Crippen LogP contribution in [0.15, 0.2) is 18.2 Å². The van der Waals surface area contributed by atoms with E-state index in [1.807, 2.05) is 12.1 Å². The Bertz CT molecular complexity index is 465. The minimum absolute atomic E-state index is 0.193. The van der Waals surface area contributed by atoms with Crippen molar-refractivity contribution in [2.75, 3.05) is 11.9 Å². The zero-order valence-corrected chi connectivity index (χ0v) is 11.7. The van der Waals surface area contributed by atoms with E-state index >= 15 is 0 Å². The van der Waals surface area contributed by atoms with E-state index in [0.29, 0.717) is 11.0 Å². The maximum absolute atomic E-state index is 10.9. The third kappa shape index (κ3) is 3.46. The van der Waals surface area contributed by atoms with E-state index < -0.39 is 0 Å². The van der Waals surface area contributed by atoms with Gasteiger partial charge in [0, 0.05) is 23.9 Å². The highest BCUT2D eigenvalue weighted by molar-refractivity contribution is 5.54. The van der Waals surface area contributed by atoms with Crippen LogP contribution in [0.5, 0.6) is 0 Å². The van der Waals surface area contributed by atoms with Crippen molar-refractivity contribution < 1.29 is 4.92 Å². The molecule has 2 rings (SSSR count). The van der Waals surface area contributed by atoms with Crippen molar-refractivity contribution in [2.24, 2.45) is 5.41 Å². The third-order valence-electron chi connectivity index (χ3n) is 4.19. The Morgan fingerprint density at radius 3 is 2.63 bits per heavy atom. The predicted molar refractivity (Wildman–Crippen MR) is 77.5 cm³/mol. The van der Waals surface area contributed by atoms with E-state index in [2.05, 4.69) is 12.2 Å². The van der Waals surface area contributed by atoms with Crippen LogP contribution in [0, 0.1) is 22.5 Å². The summed E-state index contributed by atoms with van der Waals surface area (Å²) in [5.41, 5.74) is 2.08. The van der Waals surface area contributed by atoms with Gasteiger partial charge in [0.05, 0.1) is 4.92 Å². The van der Waals surface area contributed by atoms with Gasteiger partial charge in [0.2, 0.25) is 0 Å². The number of rotatable bonds is 4. The lowest BCUT2D eigenvalue weighted by atomic mass is 9.76. The quantitative estimate of drug-likeness (QED) is 0.650. The van der Waals surface area contributed by atoms with Gasteiger partial charge in [0.15, 0.2) is 0 Å². The Hall–Kier alpha value is -1.58. The van der Waals surface area contributed by atoms with Crippen LogP contribution in [-0.4, -0.2) is 11.5 Å². The molecule has 0 radical (unpaired) electrons. The average molecular weight is 262 g/mol. The molecule has 0 saturated heterocycles. The van der Waals surface area contributed by atoms with Crippen LogP contribution in [0.4, 0.5) is 11.4 Å². The molecular weight excluding hydrogens is 240 g/mol. The monoisotopic (exact) mass is 262 g/mol. The number of nitrogens with zero attached hydrogens (tertiary/aromatic N) is 1. The van der Waals surface area contributed by atoms with Gasteiger partial charge >= 0.3 is 0 Å². The number of aryl methyl sites for hydroxylation is 1. The van der Waals surface area contributed by atoms with Crippen LogP contribution in [-0.2, 0) is 0 Å². The summed E-state index contributed by atoms with van der Waals surface area (Å²) in [5.74, 6) is 0. The molecule has 4 nitrogen and oxygen atoms in total. The second-order valence-corrected chi connectivity index (χ2v) is 5.98. The van der Waals surface area contributed by atoms with Gasteiger partial charge < -0.3 is 5.32 Å². The van der Waals surface area contributed by atoms with Gasteiger partial charge in [-0.15, -0.1) is 0 Å². The van der Waals surface area contributed by atoms with Crippen LogP contribution < -0.4 is 5.32 Å². The molecule has 1 aliphatic rings. The summed E-state index contributed by atoms with van der Waals surface area (Å²) in [5, 5.41) is 14.3. The minimum Gasteiger partial charge on any atom is -0.384 e. The molecule has 1 aromatic rings. The topological polar surface area (TPSA) is 55.2 Å². The molecule has 0 heterocycles. The van der Waals surface area contributed by atoms with Crippen molar-refractivity contribution in [2.45, 2.75) is 46.0 Å². The molecule has 1 fully saturated rings. The molecule has 0 aromatic heterocycles. The second-order valence-electron chi connectivity index (χ2n) is 5.98. The standard InChI is InChI=1S/C15H22N2O2/c1-12-6-7-13(10-14(12)17(18)19)16-11-15(2)8-4-3-5-9-15/h6-7,10,16H,3-5,8-9,11H2,1-2H3. The Kier molecular flexibility index (Phi) is 4.08. The molecule has 0 spiro atoms. The van der Waals surface area contributed by atoms with E-state index in [4.69, 9.17) is 0 Å². The lowest BCUT2D eigenvalue weighted by molar-refractivity contribution is -0.385. The van der Waals surface area contributed by atoms with Gasteiger partial charge in [-0.2, -0.15) is 0 Å². The van der Waals surface area contributed by atoms with Gasteiger partial charge in [-0.1, -0.05) is 32.3 Å². The van der Waals surface area contributed by atoms with Crippen LogP contribution in [0.25, 0.3) is 0 Å². The highest BCUT2D eigenvalue weighted by atomic mass is 16.6. The molecule has 0 amide bonds. The number of benzene rings is 1. The summed E-state index contributed by atoms with van der Waals surface area (Å²) in [7, 11) is 0. The van der Waals surface area contributed by atoms with E-state index in [1.165, 1.54) is 32.1 Å². The minimum atomic E-state index is -0.317. The molecule has 0 unspecified atom stereocenters. The first kappa shape index (κ1) is 13.8. The second kappa shape index (κ2) is 5.59. The van der Waals surface area contributed by atoms with Gasteiger partial charge in [-0.3, -0.25) is 10.1 Å². The summed E-state index contributed by atoms with van der Waals surface area (Å²) in [6, 6.07) is 5.37. The maximum atomic E-state index is 10.9. The Labute approximate surface area is 114 Å². The van der Waals surface area contributed by atoms with Crippen molar-refractivity contribution >= 4 is 11.4 Å². The number of nitrogens with one attached hydrogen (secondary N) is 1. The fraction of sp³-hybridized carbons (Fsp3) is 0.600. The fourth-order valence-corrected chi connectivity index (χ4v) is 2.81. The summed E-state index contributed by atoms with van der Waals surface area (Å²) in [6.45, 7) is 4.97. The maximum Gasteiger partial charge on any atom is 0.274 e. The fourth-order valence-electron chi connectivity index (χ4n) is 2.81. The van der Waals surface area contributed by atoms with Crippen LogP contribution >= 0.6 is 0 Å². The number of hydrogen-bond acceptors (Lipinski definition) is 3. The number of hydrogen-bond donors (Lipinski definition) is 1. The van der Waals surface area contributed by atoms with Crippen LogP contribution in [0.3, 0.4) is 0 Å². The van der Waals surface area contributed by atoms with Crippen molar-refractivity contribution in [3.05, 3.63) is 33.9 Å². The first-order chi connectivity index (χ1) is 9.00. The summed E-state index contributed by atoms with van der Waals surface area (Å²) in [4.78, 5) is 10.6. The highest BCUT2D eigenvalue weighted by Crippen LogP contribution is 2.36. The van der Waals surface area contributed by atoms with E-state index in [1.54, 1.807) is 13.0 Å². The molecule has 104 valence electrons. The molecule has 1 aromatic carbocycles. The summed E-state index contributed by atoms with van der Waals surface area (Å²) >= 11 is 0. The molecule has 1 saturated carbocycles. The van der Waals surface area contributed by atoms with Crippen molar-refractivity contribution in [1.29, 1.82) is 0 Å². The van der Waals surface area contributed by atoms with Crippen LogP contribution in [0.2, 0.25) is 0 Å². The molecular formula is C15H22N2O2. The highest BCUT2D eigenvalue weighted by Gasteiger charge is 2.26. The normalized spacial score (nSPS) is 18.0. The zero-order chi connectivity index (χ0) is 13.9. The lowest BCUT2D eigenvalue weighted by Gasteiger charge is -2.34. The van der Waals surface area contributed by atoms with Gasteiger partial charge in [0.1, 0.15) is 0 Å². The Morgan fingerprint density at radius 1 is 1.32 bits per heavy atom. The lowest BCUT2D eigenvalue weighted by Crippen LogP contribution is -2.28. The van der Waals surface area contributed by atoms with Crippen molar-refractivity contribution in [3.63, 3.8) is 0 Å². The van der Waals surface area contributed by atoms with Gasteiger partial charge in [-0.25, -0.2) is 0 Å². The number of nitro groups is 1. The SMILES string of the molecule is Cc1ccc(NCC2(C)CCCCC2)cc1[N+](=O)[O-]. The summed E-state index contributed by atoms with van der Waals surface area (Å²) in [6.07, 6.45) is 6.42. The van der Waals surface area contributed by atoms with E-state index in [0.717, 1.165) is 12.2 Å². The predicted octanol–water partition coefficient (Wildman–Crippen LogP) is 4.29. The molecule has 1 N–H and O–H groups in total. The van der Waals surface area contributed by atoms with Crippen molar-refractivity contribution in [1.82, 2.24) is 0 Å². The van der Waals surface area contributed by atoms with Gasteiger partial charge in [0.25, 0.3) is 5.69 Å². The molecule has 0 atom stereocenters. The molecule has 0 bridgehead atoms. The zero-order valence-electron chi connectivity index (χ0n) is 11.7. The molecule has 4 heteroatoms. The Balaban J connectivity index is 2.03.